The Labute approximate surface area is 187 Å². The number of halogens is 1. The van der Waals surface area contributed by atoms with Crippen LogP contribution in [0.1, 0.15) is 13.8 Å². The molecule has 1 aromatic heterocycles. The van der Waals surface area contributed by atoms with Crippen molar-refractivity contribution in [1.29, 1.82) is 0 Å². The van der Waals surface area contributed by atoms with E-state index in [2.05, 4.69) is 21.2 Å². The fourth-order valence-corrected chi connectivity index (χ4v) is 3.42. The van der Waals surface area contributed by atoms with Gasteiger partial charge in [0.15, 0.2) is 5.60 Å². The summed E-state index contributed by atoms with van der Waals surface area (Å²) < 4.78 is 12.2. The molecule has 3 aromatic carbocycles. The predicted octanol–water partition coefficient (Wildman–Crippen LogP) is 6.02. The molecule has 0 radical (unpaired) electrons. The largest absolute Gasteiger partial charge is 0.478 e. The van der Waals surface area contributed by atoms with E-state index in [0.717, 1.165) is 9.86 Å². The van der Waals surface area contributed by atoms with Crippen LogP contribution in [-0.2, 0) is 4.79 Å². The van der Waals surface area contributed by atoms with E-state index in [4.69, 9.17) is 9.15 Å². The topological polar surface area (TPSA) is 68.5 Å². The maximum absolute atomic E-state index is 12.9. The smallest absolute Gasteiger partial charge is 0.344 e. The molecule has 0 fully saturated rings. The highest BCUT2D eigenvalue weighted by Crippen LogP contribution is 2.25. The maximum Gasteiger partial charge on any atom is 0.344 e. The molecule has 5 nitrogen and oxygen atoms in total. The average molecular weight is 478 g/mol. The van der Waals surface area contributed by atoms with Gasteiger partial charge in [0.2, 0.25) is 0 Å². The summed E-state index contributed by atoms with van der Waals surface area (Å²) in [5, 5.41) is 3.70. The summed E-state index contributed by atoms with van der Waals surface area (Å²) >= 11 is 3.38. The van der Waals surface area contributed by atoms with Crippen molar-refractivity contribution in [3.8, 4) is 16.9 Å². The van der Waals surface area contributed by atoms with Crippen molar-refractivity contribution in [1.82, 2.24) is 0 Å². The molecular weight excluding hydrogens is 458 g/mol. The van der Waals surface area contributed by atoms with Crippen LogP contribution in [0.15, 0.2) is 92.5 Å². The first-order chi connectivity index (χ1) is 14.8. The molecule has 0 unspecified atom stereocenters. The molecule has 31 heavy (non-hydrogen) atoms. The molecule has 1 amide bonds. The molecule has 0 saturated carbocycles. The highest BCUT2D eigenvalue weighted by molar-refractivity contribution is 9.10. The van der Waals surface area contributed by atoms with Gasteiger partial charge in [-0.15, -0.1) is 0 Å². The molecule has 6 heteroatoms. The molecular formula is C25H20BrNO4. The minimum atomic E-state index is -1.11. The van der Waals surface area contributed by atoms with E-state index in [0.29, 0.717) is 28.1 Å². The molecule has 1 heterocycles. The van der Waals surface area contributed by atoms with Crippen LogP contribution < -0.4 is 15.7 Å². The van der Waals surface area contributed by atoms with E-state index >= 15 is 0 Å². The van der Waals surface area contributed by atoms with Gasteiger partial charge in [0.25, 0.3) is 5.91 Å². The molecule has 0 aliphatic heterocycles. The SMILES string of the molecule is CC(C)(Oc1ccc(Br)cc1)C(=O)Nc1cccc(-c2cc3ccccc3oc2=O)c1. The number of rotatable bonds is 5. The Balaban J connectivity index is 1.57. The zero-order valence-electron chi connectivity index (χ0n) is 17.0. The van der Waals surface area contributed by atoms with Gasteiger partial charge in [-0.05, 0) is 67.9 Å². The molecule has 4 rings (SSSR count). The van der Waals surface area contributed by atoms with E-state index < -0.39 is 11.2 Å². The van der Waals surface area contributed by atoms with Crippen LogP contribution in [0.4, 0.5) is 5.69 Å². The van der Waals surface area contributed by atoms with E-state index in [1.165, 1.54) is 0 Å². The molecule has 0 saturated heterocycles. The number of nitrogens with one attached hydrogen (secondary N) is 1. The zero-order valence-corrected chi connectivity index (χ0v) is 18.6. The first kappa shape index (κ1) is 20.9. The summed E-state index contributed by atoms with van der Waals surface area (Å²) in [5.74, 6) is 0.281. The van der Waals surface area contributed by atoms with Crippen molar-refractivity contribution in [3.05, 3.63) is 93.8 Å². The number of carbonyl (C=O) groups excluding carboxylic acids is 1. The van der Waals surface area contributed by atoms with Crippen molar-refractivity contribution in [3.63, 3.8) is 0 Å². The quantitative estimate of drug-likeness (QED) is 0.357. The number of fused-ring (bicyclic) bond motifs is 1. The van der Waals surface area contributed by atoms with Crippen LogP contribution in [0.2, 0.25) is 0 Å². The van der Waals surface area contributed by atoms with Gasteiger partial charge in [0.1, 0.15) is 11.3 Å². The Morgan fingerprint density at radius 1 is 0.968 bits per heavy atom. The van der Waals surface area contributed by atoms with Gasteiger partial charge in [-0.3, -0.25) is 4.79 Å². The first-order valence-corrected chi connectivity index (χ1v) is 10.5. The highest BCUT2D eigenvalue weighted by atomic mass is 79.9. The van der Waals surface area contributed by atoms with Crippen LogP contribution in [0.3, 0.4) is 0 Å². The Hall–Kier alpha value is -3.38. The van der Waals surface area contributed by atoms with E-state index in [1.54, 1.807) is 62.4 Å². The van der Waals surface area contributed by atoms with Crippen molar-refractivity contribution in [2.45, 2.75) is 19.4 Å². The first-order valence-electron chi connectivity index (χ1n) is 9.71. The normalized spacial score (nSPS) is 11.3. The number of ether oxygens (including phenoxy) is 1. The monoisotopic (exact) mass is 477 g/mol. The second-order valence-corrected chi connectivity index (χ2v) is 8.50. The number of hydrogen-bond acceptors (Lipinski definition) is 4. The molecule has 1 N–H and O–H groups in total. The van der Waals surface area contributed by atoms with Crippen molar-refractivity contribution in [2.24, 2.45) is 0 Å². The Morgan fingerprint density at radius 2 is 1.71 bits per heavy atom. The van der Waals surface area contributed by atoms with Crippen LogP contribution in [0.5, 0.6) is 5.75 Å². The summed E-state index contributed by atoms with van der Waals surface area (Å²) in [6.45, 7) is 3.40. The lowest BCUT2D eigenvalue weighted by molar-refractivity contribution is -0.128. The number of amides is 1. The van der Waals surface area contributed by atoms with Gasteiger partial charge in [-0.2, -0.15) is 0 Å². The molecule has 0 bridgehead atoms. The highest BCUT2D eigenvalue weighted by Gasteiger charge is 2.30. The zero-order chi connectivity index (χ0) is 22.0. The van der Waals surface area contributed by atoms with Gasteiger partial charge in [0.05, 0.1) is 5.56 Å². The Bertz CT molecular complexity index is 1310. The van der Waals surface area contributed by atoms with Crippen molar-refractivity contribution in [2.75, 3.05) is 5.32 Å². The fourth-order valence-electron chi connectivity index (χ4n) is 3.15. The number of para-hydroxylation sites is 1. The number of benzene rings is 3. The van der Waals surface area contributed by atoms with Gasteiger partial charge in [0, 0.05) is 15.5 Å². The van der Waals surface area contributed by atoms with Crippen molar-refractivity contribution >= 4 is 38.5 Å². The lowest BCUT2D eigenvalue weighted by Gasteiger charge is -2.25. The summed E-state index contributed by atoms with van der Waals surface area (Å²) in [7, 11) is 0. The molecule has 0 aliphatic carbocycles. The lowest BCUT2D eigenvalue weighted by Crippen LogP contribution is -2.42. The van der Waals surface area contributed by atoms with E-state index in [9.17, 15) is 9.59 Å². The summed E-state index contributed by atoms with van der Waals surface area (Å²) in [6, 6.07) is 23.5. The molecule has 4 aromatic rings. The molecule has 156 valence electrons. The summed E-state index contributed by atoms with van der Waals surface area (Å²) in [4.78, 5) is 25.3. The second kappa shape index (κ2) is 8.40. The Kier molecular flexibility index (Phi) is 5.65. The Morgan fingerprint density at radius 3 is 2.48 bits per heavy atom. The van der Waals surface area contributed by atoms with Crippen LogP contribution >= 0.6 is 15.9 Å². The van der Waals surface area contributed by atoms with Gasteiger partial charge >= 0.3 is 5.63 Å². The number of anilines is 1. The van der Waals surface area contributed by atoms with Crippen LogP contribution in [0.25, 0.3) is 22.1 Å². The van der Waals surface area contributed by atoms with Gasteiger partial charge < -0.3 is 14.5 Å². The van der Waals surface area contributed by atoms with Crippen LogP contribution in [-0.4, -0.2) is 11.5 Å². The van der Waals surface area contributed by atoms with Crippen molar-refractivity contribution < 1.29 is 13.9 Å². The molecule has 0 atom stereocenters. The third kappa shape index (κ3) is 4.70. The van der Waals surface area contributed by atoms with E-state index in [-0.39, 0.29) is 5.91 Å². The minimum absolute atomic E-state index is 0.307. The predicted molar refractivity (Wildman–Crippen MR) is 125 cm³/mol. The van der Waals surface area contributed by atoms with E-state index in [1.807, 2.05) is 30.3 Å². The fraction of sp³-hybridized carbons (Fsp3) is 0.120. The third-order valence-corrected chi connectivity index (χ3v) is 5.33. The third-order valence-electron chi connectivity index (χ3n) is 4.81. The molecule has 0 spiro atoms. The van der Waals surface area contributed by atoms with Gasteiger partial charge in [-0.1, -0.05) is 46.3 Å². The molecule has 0 aliphatic rings. The standard InChI is InChI=1S/C25H20BrNO4/c1-25(2,31-20-12-10-18(26)11-13-20)24(29)27-19-8-5-7-16(14-19)21-15-17-6-3-4-9-22(17)30-23(21)28/h3-15H,1-2H3,(H,27,29). The van der Waals surface area contributed by atoms with Crippen LogP contribution in [0, 0.1) is 0 Å². The summed E-state index contributed by atoms with van der Waals surface area (Å²) in [5.41, 5.74) is 0.645. The van der Waals surface area contributed by atoms with Gasteiger partial charge in [-0.25, -0.2) is 4.79 Å². The maximum atomic E-state index is 12.9. The minimum Gasteiger partial charge on any atom is -0.478 e. The second-order valence-electron chi connectivity index (χ2n) is 7.59. The number of hydrogen-bond donors (Lipinski definition) is 1. The number of carbonyl (C=O) groups is 1. The lowest BCUT2D eigenvalue weighted by atomic mass is 10.0. The average Bonchev–Trinajstić information content (AvgIpc) is 2.75. The summed E-state index contributed by atoms with van der Waals surface area (Å²) in [6.07, 6.45) is 0.